The molecule has 0 aliphatic heterocycles. The van der Waals surface area contributed by atoms with Gasteiger partial charge in [-0.1, -0.05) is 88.1 Å². The smallest absolute Gasteiger partial charge is 0.0162 e. The molecule has 0 radical (unpaired) electrons. The summed E-state index contributed by atoms with van der Waals surface area (Å²) in [4.78, 5) is 0. The predicted octanol–water partition coefficient (Wildman–Crippen LogP) is 11.2. The summed E-state index contributed by atoms with van der Waals surface area (Å²) >= 11 is 0. The molecule has 0 atom stereocenters. The van der Waals surface area contributed by atoms with Crippen molar-refractivity contribution < 1.29 is 0 Å². The van der Waals surface area contributed by atoms with Crippen molar-refractivity contribution in [1.82, 2.24) is 0 Å². The summed E-state index contributed by atoms with van der Waals surface area (Å²) in [6.45, 7) is 4.63. The Hall–Kier alpha value is -1.30. The summed E-state index contributed by atoms with van der Waals surface area (Å²) in [6, 6.07) is 9.68. The van der Waals surface area contributed by atoms with Crippen LogP contribution >= 0.6 is 0 Å². The molecule has 0 N–H and O–H groups in total. The number of benzene rings is 1. The van der Waals surface area contributed by atoms with Crippen LogP contribution in [0.2, 0.25) is 0 Å². The van der Waals surface area contributed by atoms with E-state index in [4.69, 9.17) is 0 Å². The fourth-order valence-corrected chi connectivity index (χ4v) is 7.42. The third-order valence-corrected chi connectivity index (χ3v) is 10.0. The highest BCUT2D eigenvalue weighted by atomic mass is 14.3. The second-order valence-electron chi connectivity index (χ2n) is 12.8. The van der Waals surface area contributed by atoms with E-state index in [0.29, 0.717) is 0 Å². The van der Waals surface area contributed by atoms with Crippen molar-refractivity contribution in [1.29, 1.82) is 0 Å². The maximum atomic E-state index is 2.63. The van der Waals surface area contributed by atoms with Crippen molar-refractivity contribution in [3.8, 4) is 0 Å². The van der Waals surface area contributed by atoms with Gasteiger partial charge in [0, 0.05) is 0 Å². The third-order valence-electron chi connectivity index (χ3n) is 10.0. The van der Waals surface area contributed by atoms with Gasteiger partial charge in [0.1, 0.15) is 0 Å². The van der Waals surface area contributed by atoms with Crippen LogP contribution in [-0.4, -0.2) is 0 Å². The second kappa shape index (κ2) is 15.2. The van der Waals surface area contributed by atoms with E-state index in [2.05, 4.69) is 62.4 Å². The Kier molecular flexibility index (Phi) is 11.7. The standard InChI is InChI=1S/C36H56/c1-3-5-6-8-30-21-25-35(26-22-30)36-27-23-34(24-28-36)20-19-33-17-15-32(16-18-33)14-13-31-11-9-29(7-4-2)10-12-31/h13-14,19-22,25-26,29,31-34,36H,3-12,15-18,23-24,27-28H2,1-2H3/t29-,31-,32-,33-,34-,36-. The highest BCUT2D eigenvalue weighted by Crippen LogP contribution is 2.38. The molecule has 1 aromatic carbocycles. The lowest BCUT2D eigenvalue weighted by Gasteiger charge is -2.29. The summed E-state index contributed by atoms with van der Waals surface area (Å²) in [7, 11) is 0. The Labute approximate surface area is 224 Å². The molecule has 3 aliphatic rings. The van der Waals surface area contributed by atoms with Crippen LogP contribution in [0.15, 0.2) is 48.6 Å². The zero-order valence-electron chi connectivity index (χ0n) is 23.8. The average molecular weight is 489 g/mol. The normalized spacial score (nSPS) is 31.8. The number of hydrogen-bond donors (Lipinski definition) is 0. The fraction of sp³-hybridized carbons (Fsp3) is 0.722. The van der Waals surface area contributed by atoms with Crippen LogP contribution < -0.4 is 0 Å². The third kappa shape index (κ3) is 8.92. The lowest BCUT2D eigenvalue weighted by Crippen LogP contribution is -2.15. The monoisotopic (exact) mass is 488 g/mol. The Morgan fingerprint density at radius 1 is 0.556 bits per heavy atom. The minimum atomic E-state index is 0.795. The molecule has 200 valence electrons. The molecule has 0 spiro atoms. The topological polar surface area (TPSA) is 0 Å². The summed E-state index contributed by atoms with van der Waals surface area (Å²) in [5.74, 6) is 5.24. The van der Waals surface area contributed by atoms with Gasteiger partial charge in [0.05, 0.1) is 0 Å². The van der Waals surface area contributed by atoms with Gasteiger partial charge < -0.3 is 0 Å². The number of hydrogen-bond acceptors (Lipinski definition) is 0. The Morgan fingerprint density at radius 2 is 1.03 bits per heavy atom. The SMILES string of the molecule is CCCCCc1ccc([C@H]2CC[C@H](C=C[C@H]3CC[C@H](C=C[C@H]4CC[C@H](CCC)CC4)CC3)CC2)cc1. The van der Waals surface area contributed by atoms with Gasteiger partial charge >= 0.3 is 0 Å². The molecule has 36 heavy (non-hydrogen) atoms. The van der Waals surface area contributed by atoms with E-state index in [9.17, 15) is 0 Å². The minimum Gasteiger partial charge on any atom is -0.0851 e. The van der Waals surface area contributed by atoms with Crippen LogP contribution in [0.4, 0.5) is 0 Å². The highest BCUT2D eigenvalue weighted by Gasteiger charge is 2.23. The van der Waals surface area contributed by atoms with E-state index in [1.165, 1.54) is 121 Å². The first-order valence-electron chi connectivity index (χ1n) is 16.2. The van der Waals surface area contributed by atoms with Gasteiger partial charge in [-0.05, 0) is 137 Å². The van der Waals surface area contributed by atoms with E-state index >= 15 is 0 Å². The van der Waals surface area contributed by atoms with Gasteiger partial charge in [0.2, 0.25) is 0 Å². The van der Waals surface area contributed by atoms with Crippen LogP contribution in [-0.2, 0) is 6.42 Å². The molecular formula is C36H56. The molecule has 0 bridgehead atoms. The van der Waals surface area contributed by atoms with Gasteiger partial charge in [-0.25, -0.2) is 0 Å². The van der Waals surface area contributed by atoms with E-state index < -0.39 is 0 Å². The molecule has 3 fully saturated rings. The summed E-state index contributed by atoms with van der Waals surface area (Å²) in [6.07, 6.45) is 35.7. The number of unbranched alkanes of at least 4 members (excludes halogenated alkanes) is 2. The first-order chi connectivity index (χ1) is 17.7. The summed E-state index contributed by atoms with van der Waals surface area (Å²) < 4.78 is 0. The summed E-state index contributed by atoms with van der Waals surface area (Å²) in [5, 5.41) is 0. The first-order valence-corrected chi connectivity index (χ1v) is 16.2. The van der Waals surface area contributed by atoms with Crippen LogP contribution in [0.5, 0.6) is 0 Å². The van der Waals surface area contributed by atoms with Crippen LogP contribution in [0, 0.1) is 29.6 Å². The first kappa shape index (κ1) is 27.7. The molecule has 0 unspecified atom stereocenters. The van der Waals surface area contributed by atoms with Crippen molar-refractivity contribution in [2.75, 3.05) is 0 Å². The predicted molar refractivity (Wildman–Crippen MR) is 158 cm³/mol. The largest absolute Gasteiger partial charge is 0.0851 e. The van der Waals surface area contributed by atoms with Crippen LogP contribution in [0.3, 0.4) is 0 Å². The molecule has 1 aromatic rings. The number of aryl methyl sites for hydroxylation is 1. The molecular weight excluding hydrogens is 432 g/mol. The maximum absolute atomic E-state index is 2.63. The van der Waals surface area contributed by atoms with Crippen molar-refractivity contribution in [3.05, 3.63) is 59.7 Å². The molecule has 0 aromatic heterocycles. The molecule has 0 saturated heterocycles. The molecule has 3 aliphatic carbocycles. The van der Waals surface area contributed by atoms with Gasteiger partial charge in [-0.3, -0.25) is 0 Å². The summed E-state index contributed by atoms with van der Waals surface area (Å²) in [5.41, 5.74) is 3.13. The van der Waals surface area contributed by atoms with Gasteiger partial charge in [-0.15, -0.1) is 0 Å². The zero-order chi connectivity index (χ0) is 25.0. The molecule has 0 heterocycles. The van der Waals surface area contributed by atoms with E-state index in [1.807, 2.05) is 0 Å². The van der Waals surface area contributed by atoms with Crippen molar-refractivity contribution >= 4 is 0 Å². The van der Waals surface area contributed by atoms with E-state index in [0.717, 1.165) is 35.5 Å². The Morgan fingerprint density at radius 3 is 1.50 bits per heavy atom. The van der Waals surface area contributed by atoms with Crippen molar-refractivity contribution in [2.45, 2.75) is 135 Å². The van der Waals surface area contributed by atoms with Crippen LogP contribution in [0.1, 0.15) is 140 Å². The average Bonchev–Trinajstić information content (AvgIpc) is 2.93. The van der Waals surface area contributed by atoms with Gasteiger partial charge in [0.15, 0.2) is 0 Å². The molecule has 0 heteroatoms. The lowest BCUT2D eigenvalue weighted by atomic mass is 9.76. The quantitative estimate of drug-likeness (QED) is 0.214. The Balaban J connectivity index is 1.11. The van der Waals surface area contributed by atoms with E-state index in [1.54, 1.807) is 5.56 Å². The Bertz CT molecular complexity index is 759. The molecule has 3 saturated carbocycles. The number of rotatable bonds is 11. The van der Waals surface area contributed by atoms with E-state index in [-0.39, 0.29) is 0 Å². The fourth-order valence-electron chi connectivity index (χ4n) is 7.42. The molecule has 0 amide bonds. The van der Waals surface area contributed by atoms with Gasteiger partial charge in [0.25, 0.3) is 0 Å². The van der Waals surface area contributed by atoms with Gasteiger partial charge in [-0.2, -0.15) is 0 Å². The molecule has 0 nitrogen and oxygen atoms in total. The second-order valence-corrected chi connectivity index (χ2v) is 12.8. The minimum absolute atomic E-state index is 0.795. The highest BCUT2D eigenvalue weighted by molar-refractivity contribution is 5.26. The van der Waals surface area contributed by atoms with Crippen molar-refractivity contribution in [3.63, 3.8) is 0 Å². The lowest BCUT2D eigenvalue weighted by molar-refractivity contribution is 0.292. The van der Waals surface area contributed by atoms with Crippen molar-refractivity contribution in [2.24, 2.45) is 29.6 Å². The zero-order valence-corrected chi connectivity index (χ0v) is 23.8. The van der Waals surface area contributed by atoms with Crippen LogP contribution in [0.25, 0.3) is 0 Å². The maximum Gasteiger partial charge on any atom is -0.0162 e. The molecule has 4 rings (SSSR count). The number of allylic oxidation sites excluding steroid dienone is 4.